The highest BCUT2D eigenvalue weighted by molar-refractivity contribution is 9.09. The Kier molecular flexibility index (Phi) is 6.20. The molecule has 3 nitrogen and oxygen atoms in total. The fraction of sp³-hybridized carbons (Fsp3) is 0.750. The van der Waals surface area contributed by atoms with Crippen LogP contribution < -0.4 is 0 Å². The summed E-state index contributed by atoms with van der Waals surface area (Å²) in [4.78, 5) is 12.4. The van der Waals surface area contributed by atoms with Crippen LogP contribution in [0.2, 0.25) is 0 Å². The lowest BCUT2D eigenvalue weighted by atomic mass is 9.86. The van der Waals surface area contributed by atoms with Gasteiger partial charge in [0.25, 0.3) is 0 Å². The number of carbonyl (C=O) groups is 1. The van der Waals surface area contributed by atoms with Gasteiger partial charge in [-0.05, 0) is 43.9 Å². The molecule has 4 heteroatoms. The number of alkyl halides is 1. The molecule has 7 atom stereocenters. The molecule has 1 N–H and O–H groups in total. The highest BCUT2D eigenvalue weighted by Gasteiger charge is 2.52. The molecule has 134 valence electrons. The molecule has 0 amide bonds. The Morgan fingerprint density at radius 2 is 2.08 bits per heavy atom. The van der Waals surface area contributed by atoms with Gasteiger partial charge in [-0.25, -0.2) is 0 Å². The largest absolute Gasteiger partial charge is 0.462 e. The molecule has 24 heavy (non-hydrogen) atoms. The first-order valence-electron chi connectivity index (χ1n) is 9.45. The number of fused-ring (bicyclic) bond motifs is 1. The summed E-state index contributed by atoms with van der Waals surface area (Å²) in [5.41, 5.74) is 0. The molecule has 3 aliphatic rings. The molecular formula is C20H29BrO3. The maximum atomic E-state index is 12.3. The number of aliphatic hydroxyl groups excluding tert-OH is 1. The molecule has 2 saturated carbocycles. The van der Waals surface area contributed by atoms with E-state index < -0.39 is 6.10 Å². The Morgan fingerprint density at radius 3 is 2.83 bits per heavy atom. The van der Waals surface area contributed by atoms with Gasteiger partial charge in [-0.1, -0.05) is 53.6 Å². The van der Waals surface area contributed by atoms with Crippen LogP contribution in [0.3, 0.4) is 0 Å². The number of carbonyl (C=O) groups excluding carboxylic acids is 1. The normalized spacial score (nSPS) is 46.0. The predicted octanol–water partition coefficient (Wildman–Crippen LogP) is 4.39. The Bertz CT molecular complexity index is 501. The van der Waals surface area contributed by atoms with Crippen molar-refractivity contribution < 1.29 is 14.6 Å². The zero-order valence-electron chi connectivity index (χ0n) is 14.4. The standard InChI is InChI=1S/C20H29BrO3/c1-2-13-11-15(13)20-16-12-17(21)19(23)14(16)9-7-5-3-4-6-8-10-18(22)24-20/h3-4,7,9,13-17,19-20,23H,2,5-6,8,10-12H2,1H3/b4-3-,9-7-/t13-,14-,15+,16+,17+,19+,20-/m0/s1. The third-order valence-corrected chi connectivity index (χ3v) is 6.83. The van der Waals surface area contributed by atoms with Crippen molar-refractivity contribution in [2.45, 2.75) is 68.9 Å². The van der Waals surface area contributed by atoms with Gasteiger partial charge in [0.1, 0.15) is 6.10 Å². The number of halogens is 1. The van der Waals surface area contributed by atoms with Crippen LogP contribution in [0.25, 0.3) is 0 Å². The number of hydrogen-bond donors (Lipinski definition) is 1. The number of hydrogen-bond acceptors (Lipinski definition) is 3. The summed E-state index contributed by atoms with van der Waals surface area (Å²) in [5.74, 6) is 1.38. The summed E-state index contributed by atoms with van der Waals surface area (Å²) in [6, 6.07) is 0. The first-order valence-corrected chi connectivity index (χ1v) is 10.4. The summed E-state index contributed by atoms with van der Waals surface area (Å²) in [7, 11) is 0. The van der Waals surface area contributed by atoms with Crippen molar-refractivity contribution in [2.75, 3.05) is 0 Å². The highest BCUT2D eigenvalue weighted by atomic mass is 79.9. The molecule has 1 aliphatic heterocycles. The van der Waals surface area contributed by atoms with Crippen molar-refractivity contribution >= 4 is 21.9 Å². The minimum Gasteiger partial charge on any atom is -0.462 e. The topological polar surface area (TPSA) is 46.5 Å². The van der Waals surface area contributed by atoms with Gasteiger partial charge < -0.3 is 9.84 Å². The van der Waals surface area contributed by atoms with Crippen molar-refractivity contribution in [2.24, 2.45) is 23.7 Å². The molecule has 2 fully saturated rings. The fourth-order valence-electron chi connectivity index (χ4n) is 4.40. The van der Waals surface area contributed by atoms with Gasteiger partial charge in [-0.2, -0.15) is 0 Å². The lowest BCUT2D eigenvalue weighted by Gasteiger charge is -2.28. The van der Waals surface area contributed by atoms with Crippen molar-refractivity contribution in [1.82, 2.24) is 0 Å². The van der Waals surface area contributed by atoms with E-state index in [9.17, 15) is 9.90 Å². The molecule has 0 aromatic carbocycles. The number of cyclic esters (lactones) is 1. The monoisotopic (exact) mass is 396 g/mol. The van der Waals surface area contributed by atoms with Crippen molar-refractivity contribution in [1.29, 1.82) is 0 Å². The maximum absolute atomic E-state index is 12.3. The van der Waals surface area contributed by atoms with Crippen LogP contribution in [0.1, 0.15) is 51.9 Å². The van der Waals surface area contributed by atoms with Gasteiger partial charge in [0.2, 0.25) is 0 Å². The smallest absolute Gasteiger partial charge is 0.306 e. The lowest BCUT2D eigenvalue weighted by molar-refractivity contribution is -0.154. The first-order chi connectivity index (χ1) is 11.6. The van der Waals surface area contributed by atoms with Crippen molar-refractivity contribution in [3.63, 3.8) is 0 Å². The molecule has 0 spiro atoms. The Hall–Kier alpha value is -0.610. The Morgan fingerprint density at radius 1 is 1.25 bits per heavy atom. The Balaban J connectivity index is 1.83. The van der Waals surface area contributed by atoms with E-state index in [1.54, 1.807) is 0 Å². The second kappa shape index (κ2) is 8.18. The van der Waals surface area contributed by atoms with E-state index in [-0.39, 0.29) is 28.7 Å². The number of rotatable bonds is 2. The van der Waals surface area contributed by atoms with E-state index in [1.165, 1.54) is 0 Å². The van der Waals surface area contributed by atoms with E-state index in [4.69, 9.17) is 4.74 Å². The highest BCUT2D eigenvalue weighted by Crippen LogP contribution is 2.52. The molecule has 3 rings (SSSR count). The summed E-state index contributed by atoms with van der Waals surface area (Å²) in [6.07, 6.45) is 14.5. The summed E-state index contributed by atoms with van der Waals surface area (Å²) >= 11 is 3.63. The van der Waals surface area contributed by atoms with Gasteiger partial charge in [-0.15, -0.1) is 0 Å². The minimum absolute atomic E-state index is 0.0389. The van der Waals surface area contributed by atoms with Crippen molar-refractivity contribution in [3.05, 3.63) is 24.3 Å². The van der Waals surface area contributed by atoms with Gasteiger partial charge >= 0.3 is 5.97 Å². The predicted molar refractivity (Wildman–Crippen MR) is 98.8 cm³/mol. The summed E-state index contributed by atoms with van der Waals surface area (Å²) < 4.78 is 6.00. The quantitative estimate of drug-likeness (QED) is 0.427. The lowest BCUT2D eigenvalue weighted by Crippen LogP contribution is -2.33. The van der Waals surface area contributed by atoms with E-state index in [0.29, 0.717) is 18.3 Å². The van der Waals surface area contributed by atoms with E-state index >= 15 is 0 Å². The molecule has 1 heterocycles. The average molecular weight is 397 g/mol. The molecule has 0 saturated heterocycles. The number of allylic oxidation sites excluding steroid dienone is 3. The second-order valence-corrected chi connectivity index (χ2v) is 8.71. The molecule has 0 aromatic rings. The van der Waals surface area contributed by atoms with E-state index in [1.807, 2.05) is 0 Å². The van der Waals surface area contributed by atoms with Crippen molar-refractivity contribution in [3.8, 4) is 0 Å². The third kappa shape index (κ3) is 4.13. The van der Waals surface area contributed by atoms with Gasteiger partial charge in [0.15, 0.2) is 0 Å². The number of ether oxygens (including phenoxy) is 1. The molecule has 0 bridgehead atoms. The summed E-state index contributed by atoms with van der Waals surface area (Å²) in [5, 5.41) is 10.6. The van der Waals surface area contributed by atoms with Crippen LogP contribution in [0.15, 0.2) is 24.3 Å². The molecule has 2 aliphatic carbocycles. The Labute approximate surface area is 153 Å². The zero-order valence-corrected chi connectivity index (χ0v) is 16.0. The minimum atomic E-state index is -0.402. The second-order valence-electron chi connectivity index (χ2n) is 7.53. The number of aliphatic hydroxyl groups is 1. The third-order valence-electron chi connectivity index (χ3n) is 5.92. The van der Waals surface area contributed by atoms with Crippen LogP contribution >= 0.6 is 15.9 Å². The van der Waals surface area contributed by atoms with Crippen LogP contribution in [0.4, 0.5) is 0 Å². The molecule has 0 unspecified atom stereocenters. The molecular weight excluding hydrogens is 368 g/mol. The van der Waals surface area contributed by atoms with E-state index in [0.717, 1.165) is 38.5 Å². The van der Waals surface area contributed by atoms with Crippen LogP contribution in [-0.2, 0) is 9.53 Å². The SMILES string of the molecule is CC[C@H]1C[C@H]1[C@@H]1OC(=O)CCC/C=C\C/C=C\[C@@H]2[C@@H](O)[C@H](Br)C[C@H]21. The van der Waals surface area contributed by atoms with E-state index in [2.05, 4.69) is 47.2 Å². The number of esters is 1. The van der Waals surface area contributed by atoms with Crippen LogP contribution in [0, 0.1) is 23.7 Å². The average Bonchev–Trinajstić information content (AvgIpc) is 3.29. The molecule has 0 aromatic heterocycles. The van der Waals surface area contributed by atoms with Gasteiger partial charge in [-0.3, -0.25) is 4.79 Å². The van der Waals surface area contributed by atoms with Gasteiger partial charge in [0, 0.05) is 23.1 Å². The fourth-order valence-corrected chi connectivity index (χ4v) is 5.18. The molecule has 0 radical (unpaired) electrons. The first kappa shape index (κ1) is 18.2. The zero-order chi connectivity index (χ0) is 17.1. The van der Waals surface area contributed by atoms with Crippen LogP contribution in [-0.4, -0.2) is 28.1 Å². The maximum Gasteiger partial charge on any atom is 0.306 e. The van der Waals surface area contributed by atoms with Gasteiger partial charge in [0.05, 0.1) is 6.10 Å². The summed E-state index contributed by atoms with van der Waals surface area (Å²) in [6.45, 7) is 2.21. The van der Waals surface area contributed by atoms with Crippen LogP contribution in [0.5, 0.6) is 0 Å².